The number of pyridine rings is 1. The summed E-state index contributed by atoms with van der Waals surface area (Å²) in [5, 5.41) is 3.03. The Hall–Kier alpha value is -1.58. The highest BCUT2D eigenvalue weighted by molar-refractivity contribution is 5.95. The van der Waals surface area contributed by atoms with Crippen LogP contribution in [-0.4, -0.2) is 35.4 Å². The van der Waals surface area contributed by atoms with E-state index in [-0.39, 0.29) is 5.91 Å². The molecule has 0 spiro atoms. The first-order valence-electron chi connectivity index (χ1n) is 7.66. The number of carbonyl (C=O) groups is 1. The molecule has 2 heterocycles. The van der Waals surface area contributed by atoms with Crippen molar-refractivity contribution in [3.05, 3.63) is 23.4 Å². The maximum atomic E-state index is 12.8. The largest absolute Gasteiger partial charge is 0.373 e. The summed E-state index contributed by atoms with van der Waals surface area (Å²) in [5.41, 5.74) is 1.66. The quantitative estimate of drug-likeness (QED) is 0.901. The predicted molar refractivity (Wildman–Crippen MR) is 79.9 cm³/mol. The molecule has 20 heavy (non-hydrogen) atoms. The van der Waals surface area contributed by atoms with E-state index in [2.05, 4.69) is 15.2 Å². The molecule has 1 aromatic rings. The number of amides is 1. The highest BCUT2D eigenvalue weighted by atomic mass is 16.2. The molecule has 2 atom stereocenters. The Balaban J connectivity index is 1.83. The molecule has 1 aliphatic carbocycles. The minimum Gasteiger partial charge on any atom is -0.373 e. The zero-order chi connectivity index (χ0) is 14.1. The van der Waals surface area contributed by atoms with Gasteiger partial charge in [0.2, 0.25) is 0 Å². The molecule has 0 bridgehead atoms. The van der Waals surface area contributed by atoms with Crippen molar-refractivity contribution in [1.82, 2.24) is 9.88 Å². The Bertz CT molecular complexity index is 514. The van der Waals surface area contributed by atoms with Gasteiger partial charge in [0.15, 0.2) is 0 Å². The number of nitrogens with zero attached hydrogens (tertiary/aromatic N) is 2. The molecular formula is C16H23N3O. The van der Waals surface area contributed by atoms with E-state index < -0.39 is 0 Å². The molecule has 1 aliphatic heterocycles. The maximum absolute atomic E-state index is 12.8. The van der Waals surface area contributed by atoms with Crippen molar-refractivity contribution >= 4 is 11.7 Å². The smallest absolute Gasteiger partial charge is 0.254 e. The molecule has 1 saturated carbocycles. The summed E-state index contributed by atoms with van der Waals surface area (Å²) >= 11 is 0. The number of likely N-dealkylation sites (tertiary alicyclic amines) is 1. The van der Waals surface area contributed by atoms with Crippen LogP contribution in [0.2, 0.25) is 0 Å². The van der Waals surface area contributed by atoms with Gasteiger partial charge in [0, 0.05) is 30.9 Å². The van der Waals surface area contributed by atoms with Gasteiger partial charge in [-0.25, -0.2) is 4.98 Å². The second-order valence-corrected chi connectivity index (χ2v) is 6.03. The van der Waals surface area contributed by atoms with Crippen molar-refractivity contribution in [2.45, 2.75) is 45.1 Å². The molecule has 108 valence electrons. The van der Waals surface area contributed by atoms with E-state index in [1.54, 1.807) is 0 Å². The Morgan fingerprint density at radius 1 is 1.30 bits per heavy atom. The van der Waals surface area contributed by atoms with E-state index in [4.69, 9.17) is 0 Å². The standard InChI is InChI=1S/C16H23N3O/c1-11-9-13(10-15(17-2)18-11)16(20)19-8-7-12-5-3-4-6-14(12)19/h9-10,12,14H,3-8H2,1-2H3,(H,17,18). The number of hydrogen-bond donors (Lipinski definition) is 1. The number of aromatic nitrogens is 1. The Morgan fingerprint density at radius 2 is 2.10 bits per heavy atom. The minimum absolute atomic E-state index is 0.182. The lowest BCUT2D eigenvalue weighted by atomic mass is 9.85. The third kappa shape index (κ3) is 2.39. The summed E-state index contributed by atoms with van der Waals surface area (Å²) in [6.45, 7) is 2.86. The van der Waals surface area contributed by atoms with E-state index in [9.17, 15) is 4.79 Å². The van der Waals surface area contributed by atoms with E-state index in [1.807, 2.05) is 26.1 Å². The van der Waals surface area contributed by atoms with Crippen LogP contribution in [0.25, 0.3) is 0 Å². The van der Waals surface area contributed by atoms with Gasteiger partial charge in [-0.1, -0.05) is 12.8 Å². The normalized spacial score (nSPS) is 25.4. The monoisotopic (exact) mass is 273 g/mol. The second-order valence-electron chi connectivity index (χ2n) is 6.03. The first kappa shape index (κ1) is 13.4. The fraction of sp³-hybridized carbons (Fsp3) is 0.625. The van der Waals surface area contributed by atoms with Crippen LogP contribution in [0.4, 0.5) is 5.82 Å². The van der Waals surface area contributed by atoms with Crippen molar-refractivity contribution in [1.29, 1.82) is 0 Å². The maximum Gasteiger partial charge on any atom is 0.254 e. The fourth-order valence-corrected chi connectivity index (χ4v) is 3.74. The number of carbonyl (C=O) groups excluding carboxylic acids is 1. The summed E-state index contributed by atoms with van der Waals surface area (Å²) in [6.07, 6.45) is 6.26. The summed E-state index contributed by atoms with van der Waals surface area (Å²) in [7, 11) is 1.84. The lowest BCUT2D eigenvalue weighted by molar-refractivity contribution is 0.0690. The SMILES string of the molecule is CNc1cc(C(=O)N2CCC3CCCCC32)cc(C)n1. The fourth-order valence-electron chi connectivity index (χ4n) is 3.74. The van der Waals surface area contributed by atoms with Crippen molar-refractivity contribution in [3.8, 4) is 0 Å². The van der Waals surface area contributed by atoms with E-state index in [0.29, 0.717) is 6.04 Å². The third-order valence-corrected chi connectivity index (χ3v) is 4.73. The molecule has 1 saturated heterocycles. The van der Waals surface area contributed by atoms with Crippen LogP contribution in [-0.2, 0) is 0 Å². The van der Waals surface area contributed by atoms with Gasteiger partial charge in [0.05, 0.1) is 0 Å². The van der Waals surface area contributed by atoms with Crippen molar-refractivity contribution in [3.63, 3.8) is 0 Å². The van der Waals surface area contributed by atoms with Crippen molar-refractivity contribution in [2.75, 3.05) is 18.9 Å². The molecule has 2 aliphatic rings. The Morgan fingerprint density at radius 3 is 2.90 bits per heavy atom. The number of nitrogens with one attached hydrogen (secondary N) is 1. The minimum atomic E-state index is 0.182. The third-order valence-electron chi connectivity index (χ3n) is 4.73. The predicted octanol–water partition coefficient (Wildman–Crippen LogP) is 2.84. The molecular weight excluding hydrogens is 250 g/mol. The molecule has 3 rings (SSSR count). The van der Waals surface area contributed by atoms with E-state index >= 15 is 0 Å². The Labute approximate surface area is 120 Å². The molecule has 0 radical (unpaired) electrons. The van der Waals surface area contributed by atoms with Gasteiger partial charge in [-0.2, -0.15) is 0 Å². The lowest BCUT2D eigenvalue weighted by Crippen LogP contribution is -2.39. The topological polar surface area (TPSA) is 45.2 Å². The van der Waals surface area contributed by atoms with Crippen molar-refractivity contribution < 1.29 is 4.79 Å². The summed E-state index contributed by atoms with van der Waals surface area (Å²) < 4.78 is 0. The van der Waals surface area contributed by atoms with E-state index in [0.717, 1.165) is 29.5 Å². The van der Waals surface area contributed by atoms with Crippen LogP contribution < -0.4 is 5.32 Å². The first-order valence-corrected chi connectivity index (χ1v) is 7.66. The number of anilines is 1. The molecule has 0 aromatic carbocycles. The lowest BCUT2D eigenvalue weighted by Gasteiger charge is -2.31. The molecule has 1 aromatic heterocycles. The van der Waals surface area contributed by atoms with Crippen LogP contribution in [0.15, 0.2) is 12.1 Å². The summed E-state index contributed by atoms with van der Waals surface area (Å²) in [6, 6.07) is 4.24. The van der Waals surface area contributed by atoms with Crippen LogP contribution >= 0.6 is 0 Å². The highest BCUT2D eigenvalue weighted by Crippen LogP contribution is 2.36. The van der Waals surface area contributed by atoms with Crippen LogP contribution in [0.3, 0.4) is 0 Å². The average Bonchev–Trinajstić information content (AvgIpc) is 2.89. The van der Waals surface area contributed by atoms with Gasteiger partial charge in [-0.15, -0.1) is 0 Å². The second kappa shape index (κ2) is 5.43. The summed E-state index contributed by atoms with van der Waals surface area (Å²) in [4.78, 5) is 19.3. The van der Waals surface area contributed by atoms with Gasteiger partial charge in [0.1, 0.15) is 5.82 Å². The zero-order valence-corrected chi connectivity index (χ0v) is 12.4. The molecule has 2 unspecified atom stereocenters. The van der Waals surface area contributed by atoms with Crippen molar-refractivity contribution in [2.24, 2.45) is 5.92 Å². The number of hydrogen-bond acceptors (Lipinski definition) is 3. The molecule has 1 N–H and O–H groups in total. The number of fused-ring (bicyclic) bond motifs is 1. The number of rotatable bonds is 2. The van der Waals surface area contributed by atoms with Gasteiger partial charge in [-0.3, -0.25) is 4.79 Å². The zero-order valence-electron chi connectivity index (χ0n) is 12.4. The molecule has 4 heteroatoms. The van der Waals surface area contributed by atoms with Crippen LogP contribution in [0.1, 0.15) is 48.2 Å². The van der Waals surface area contributed by atoms with Crippen LogP contribution in [0, 0.1) is 12.8 Å². The van der Waals surface area contributed by atoms with Gasteiger partial charge in [-0.05, 0) is 44.2 Å². The highest BCUT2D eigenvalue weighted by Gasteiger charge is 2.38. The summed E-state index contributed by atoms with van der Waals surface area (Å²) in [5.74, 6) is 1.69. The van der Waals surface area contributed by atoms with Crippen LogP contribution in [0.5, 0.6) is 0 Å². The van der Waals surface area contributed by atoms with Gasteiger partial charge >= 0.3 is 0 Å². The molecule has 2 fully saturated rings. The first-order chi connectivity index (χ1) is 9.69. The molecule has 4 nitrogen and oxygen atoms in total. The van der Waals surface area contributed by atoms with Gasteiger partial charge in [0.25, 0.3) is 5.91 Å². The van der Waals surface area contributed by atoms with E-state index in [1.165, 1.54) is 32.1 Å². The average molecular weight is 273 g/mol. The van der Waals surface area contributed by atoms with Gasteiger partial charge < -0.3 is 10.2 Å². The Kier molecular flexibility index (Phi) is 3.64. The number of aryl methyl sites for hydroxylation is 1. The molecule has 1 amide bonds.